The number of rotatable bonds is 7. The van der Waals surface area contributed by atoms with Crippen molar-refractivity contribution in [2.45, 2.75) is 18.3 Å². The molecular weight excluding hydrogens is 270 g/mol. The topological polar surface area (TPSA) is 148 Å². The highest BCUT2D eigenvalue weighted by atomic mass is 16.6. The summed E-state index contributed by atoms with van der Waals surface area (Å²) in [5.41, 5.74) is 2.26. The van der Waals surface area contributed by atoms with Crippen LogP contribution < -0.4 is 5.43 Å². The molecule has 0 fully saturated rings. The third-order valence-electron chi connectivity index (χ3n) is 2.44. The molecule has 9 nitrogen and oxygen atoms in total. The molecule has 9 heteroatoms. The number of nitrogens with one attached hydrogen (secondary N) is 1. The van der Waals surface area contributed by atoms with Gasteiger partial charge in [-0.15, -0.1) is 0 Å². The quantitative estimate of drug-likeness (QED) is 0.247. The van der Waals surface area contributed by atoms with Crippen LogP contribution in [-0.2, 0) is 0 Å². The van der Waals surface area contributed by atoms with E-state index in [0.717, 1.165) is 6.21 Å². The van der Waals surface area contributed by atoms with Crippen LogP contribution in [0, 0.1) is 10.1 Å². The largest absolute Gasteiger partial charge is 0.394 e. The van der Waals surface area contributed by atoms with Gasteiger partial charge in [-0.05, 0) is 6.07 Å². The van der Waals surface area contributed by atoms with Gasteiger partial charge in [-0.2, -0.15) is 5.10 Å². The fraction of sp³-hybridized carbons (Fsp3) is 0.364. The van der Waals surface area contributed by atoms with Crippen molar-refractivity contribution in [3.63, 3.8) is 0 Å². The summed E-state index contributed by atoms with van der Waals surface area (Å²) in [6, 6.07) is 5.74. The Hall–Kier alpha value is -2.07. The van der Waals surface area contributed by atoms with E-state index in [9.17, 15) is 20.3 Å². The van der Waals surface area contributed by atoms with E-state index >= 15 is 0 Å². The number of hydrogen-bond acceptors (Lipinski definition) is 8. The van der Waals surface area contributed by atoms with E-state index in [1.54, 1.807) is 6.07 Å². The number of aliphatic hydroxyl groups excluding tert-OH is 4. The molecule has 0 saturated heterocycles. The highest BCUT2D eigenvalue weighted by Crippen LogP contribution is 2.22. The van der Waals surface area contributed by atoms with Crippen LogP contribution in [0.15, 0.2) is 29.4 Å². The number of benzene rings is 1. The molecule has 0 unspecified atom stereocenters. The Labute approximate surface area is 114 Å². The van der Waals surface area contributed by atoms with E-state index in [4.69, 9.17) is 10.2 Å². The number of hydrogen-bond donors (Lipinski definition) is 5. The highest BCUT2D eigenvalue weighted by molar-refractivity contribution is 5.67. The van der Waals surface area contributed by atoms with Gasteiger partial charge in [-0.1, -0.05) is 12.1 Å². The van der Waals surface area contributed by atoms with Crippen molar-refractivity contribution in [3.8, 4) is 0 Å². The minimum absolute atomic E-state index is 0.109. The molecule has 0 amide bonds. The number of aliphatic hydroxyl groups is 4. The Balaban J connectivity index is 2.67. The second-order valence-corrected chi connectivity index (χ2v) is 3.90. The summed E-state index contributed by atoms with van der Waals surface area (Å²) in [7, 11) is 0. The Bertz CT molecular complexity index is 481. The summed E-state index contributed by atoms with van der Waals surface area (Å²) in [5.74, 6) is 0. The van der Waals surface area contributed by atoms with Crippen LogP contribution in [0.5, 0.6) is 0 Å². The van der Waals surface area contributed by atoms with E-state index in [-0.39, 0.29) is 11.4 Å². The van der Waals surface area contributed by atoms with Crippen LogP contribution in [0.2, 0.25) is 0 Å². The molecule has 0 aromatic heterocycles. The van der Waals surface area contributed by atoms with Gasteiger partial charge in [-0.3, -0.25) is 15.5 Å². The third-order valence-corrected chi connectivity index (χ3v) is 2.44. The first-order valence-corrected chi connectivity index (χ1v) is 5.65. The highest BCUT2D eigenvalue weighted by Gasteiger charge is 2.22. The second kappa shape index (κ2) is 7.50. The first-order valence-electron chi connectivity index (χ1n) is 5.65. The number of nitro benzene ring substituents is 1. The lowest BCUT2D eigenvalue weighted by atomic mass is 10.1. The molecule has 0 spiro atoms. The SMILES string of the molecule is O=[N+]([O-])c1ccccc1N/N=C\[C@H](O)[C@@H](O)[C@@H](O)CO. The molecule has 0 aliphatic heterocycles. The number of para-hydroxylation sites is 2. The molecule has 1 aromatic rings. The minimum atomic E-state index is -1.61. The number of anilines is 1. The molecule has 110 valence electrons. The molecule has 0 heterocycles. The molecule has 20 heavy (non-hydrogen) atoms. The van der Waals surface area contributed by atoms with Gasteiger partial charge in [0.1, 0.15) is 24.0 Å². The van der Waals surface area contributed by atoms with Crippen LogP contribution in [0.1, 0.15) is 0 Å². The van der Waals surface area contributed by atoms with Gasteiger partial charge in [0.2, 0.25) is 0 Å². The minimum Gasteiger partial charge on any atom is -0.394 e. The fourth-order valence-electron chi connectivity index (χ4n) is 1.33. The molecule has 0 saturated carbocycles. The maximum atomic E-state index is 10.7. The van der Waals surface area contributed by atoms with E-state index < -0.39 is 29.8 Å². The summed E-state index contributed by atoms with van der Waals surface area (Å²) in [6.45, 7) is -0.719. The van der Waals surface area contributed by atoms with Crippen molar-refractivity contribution in [3.05, 3.63) is 34.4 Å². The van der Waals surface area contributed by atoms with E-state index in [2.05, 4.69) is 10.5 Å². The average Bonchev–Trinajstić information content (AvgIpc) is 2.45. The summed E-state index contributed by atoms with van der Waals surface area (Å²) < 4.78 is 0. The van der Waals surface area contributed by atoms with Gasteiger partial charge in [-0.25, -0.2) is 0 Å². The van der Waals surface area contributed by atoms with Crippen molar-refractivity contribution < 1.29 is 25.3 Å². The smallest absolute Gasteiger partial charge is 0.294 e. The predicted molar refractivity (Wildman–Crippen MR) is 70.3 cm³/mol. The first kappa shape index (κ1) is 16.0. The zero-order chi connectivity index (χ0) is 15.1. The van der Waals surface area contributed by atoms with E-state index in [0.29, 0.717) is 0 Å². The molecule has 0 aliphatic rings. The van der Waals surface area contributed by atoms with E-state index in [1.165, 1.54) is 18.2 Å². The molecule has 3 atom stereocenters. The Morgan fingerprint density at radius 1 is 1.35 bits per heavy atom. The summed E-state index contributed by atoms with van der Waals surface area (Å²) >= 11 is 0. The monoisotopic (exact) mass is 285 g/mol. The Kier molecular flexibility index (Phi) is 6.00. The van der Waals surface area contributed by atoms with E-state index in [1.807, 2.05) is 0 Å². The molecule has 0 aliphatic carbocycles. The Morgan fingerprint density at radius 2 is 2.00 bits per heavy atom. The third kappa shape index (κ3) is 4.24. The number of hydrazone groups is 1. The van der Waals surface area contributed by atoms with Crippen LogP contribution in [-0.4, -0.2) is 56.5 Å². The molecule has 1 aromatic carbocycles. The second-order valence-electron chi connectivity index (χ2n) is 3.90. The fourth-order valence-corrected chi connectivity index (χ4v) is 1.33. The van der Waals surface area contributed by atoms with Gasteiger partial charge < -0.3 is 20.4 Å². The summed E-state index contributed by atoms with van der Waals surface area (Å²) in [4.78, 5) is 10.1. The zero-order valence-corrected chi connectivity index (χ0v) is 10.3. The predicted octanol–water partition coefficient (Wildman–Crippen LogP) is -0.933. The summed E-state index contributed by atoms with van der Waals surface area (Å²) in [5, 5.41) is 50.7. The summed E-state index contributed by atoms with van der Waals surface area (Å²) in [6.07, 6.45) is -3.80. The van der Waals surface area contributed by atoms with Crippen LogP contribution in [0.3, 0.4) is 0 Å². The zero-order valence-electron chi connectivity index (χ0n) is 10.3. The van der Waals surface area contributed by atoms with Crippen LogP contribution >= 0.6 is 0 Å². The maximum Gasteiger partial charge on any atom is 0.294 e. The van der Waals surface area contributed by atoms with Gasteiger partial charge in [0.15, 0.2) is 0 Å². The van der Waals surface area contributed by atoms with Crippen molar-refractivity contribution in [1.29, 1.82) is 0 Å². The van der Waals surface area contributed by atoms with Crippen molar-refractivity contribution in [1.82, 2.24) is 0 Å². The maximum absolute atomic E-state index is 10.7. The normalized spacial score (nSPS) is 15.8. The van der Waals surface area contributed by atoms with Crippen molar-refractivity contribution in [2.75, 3.05) is 12.0 Å². The Morgan fingerprint density at radius 3 is 2.60 bits per heavy atom. The van der Waals surface area contributed by atoms with Crippen molar-refractivity contribution in [2.24, 2.45) is 5.10 Å². The first-order chi connectivity index (χ1) is 9.47. The van der Waals surface area contributed by atoms with Gasteiger partial charge in [0, 0.05) is 6.07 Å². The lowest BCUT2D eigenvalue weighted by Gasteiger charge is -2.18. The molecule has 0 bridgehead atoms. The number of nitro groups is 1. The van der Waals surface area contributed by atoms with Crippen molar-refractivity contribution >= 4 is 17.6 Å². The lowest BCUT2D eigenvalue weighted by Crippen LogP contribution is -2.40. The van der Waals surface area contributed by atoms with Gasteiger partial charge >= 0.3 is 0 Å². The van der Waals surface area contributed by atoms with Crippen LogP contribution in [0.25, 0.3) is 0 Å². The van der Waals surface area contributed by atoms with Gasteiger partial charge in [0.25, 0.3) is 5.69 Å². The molecule has 5 N–H and O–H groups in total. The molecular formula is C11H15N3O6. The molecule has 0 radical (unpaired) electrons. The average molecular weight is 285 g/mol. The molecule has 1 rings (SSSR count). The van der Waals surface area contributed by atoms with Gasteiger partial charge in [0.05, 0.1) is 17.7 Å². The van der Waals surface area contributed by atoms with Crippen LogP contribution in [0.4, 0.5) is 11.4 Å². The number of nitrogens with zero attached hydrogens (tertiary/aromatic N) is 2. The standard InChI is InChI=1S/C11H15N3O6/c15-6-10(17)11(18)9(16)5-12-13-7-3-1-2-4-8(7)14(19)20/h1-5,9-11,13,15-18H,6H2/b12-5-/t9-,10-,11+/m0/s1. The lowest BCUT2D eigenvalue weighted by molar-refractivity contribution is -0.384.